The molecule has 0 aliphatic rings. The van der Waals surface area contributed by atoms with Gasteiger partial charge in [-0.05, 0) is 78.7 Å². The molecule has 150 valence electrons. The zero-order valence-corrected chi connectivity index (χ0v) is 17.2. The van der Waals surface area contributed by atoms with Crippen molar-refractivity contribution in [3.63, 3.8) is 0 Å². The topological polar surface area (TPSA) is 47.3 Å². The van der Waals surface area contributed by atoms with E-state index in [-0.39, 0.29) is 5.75 Å². The Labute approximate surface area is 182 Å². The number of phenols is 1. The molecule has 4 aromatic carbocycles. The normalized spacial score (nSPS) is 10.7. The van der Waals surface area contributed by atoms with E-state index in [4.69, 9.17) is 5.26 Å². The highest BCUT2D eigenvalue weighted by molar-refractivity contribution is 5.78. The summed E-state index contributed by atoms with van der Waals surface area (Å²) < 4.78 is 0. The molecular formula is C28H22N2O. The fraction of sp³-hybridized carbons (Fsp3) is 0.0357. The first-order valence-electron chi connectivity index (χ1n) is 10.1. The van der Waals surface area contributed by atoms with E-state index in [1.54, 1.807) is 12.1 Å². The van der Waals surface area contributed by atoms with Crippen LogP contribution in [0.3, 0.4) is 0 Å². The Hall–Kier alpha value is -4.29. The SMILES string of the molecule is Cc1ccc(N(c2ccc(O)cc2)c2ccc(C=Cc3ccc(C#N)cc3)cc2)cc1. The maximum Gasteiger partial charge on any atom is 0.115 e. The Kier molecular flexibility index (Phi) is 5.82. The van der Waals surface area contributed by atoms with Gasteiger partial charge in [0.15, 0.2) is 0 Å². The van der Waals surface area contributed by atoms with Crippen molar-refractivity contribution in [3.8, 4) is 11.8 Å². The van der Waals surface area contributed by atoms with Gasteiger partial charge in [-0.1, -0.05) is 54.1 Å². The third-order valence-corrected chi connectivity index (χ3v) is 5.06. The molecule has 0 saturated heterocycles. The van der Waals surface area contributed by atoms with Crippen LogP contribution in [0.15, 0.2) is 97.1 Å². The third kappa shape index (κ3) is 4.83. The largest absolute Gasteiger partial charge is 0.508 e. The highest BCUT2D eigenvalue weighted by Crippen LogP contribution is 2.35. The molecule has 0 amide bonds. The molecule has 0 saturated carbocycles. The van der Waals surface area contributed by atoms with E-state index >= 15 is 0 Å². The van der Waals surface area contributed by atoms with Crippen LogP contribution < -0.4 is 4.90 Å². The van der Waals surface area contributed by atoms with E-state index in [0.717, 1.165) is 28.2 Å². The van der Waals surface area contributed by atoms with Gasteiger partial charge in [0, 0.05) is 17.1 Å². The molecule has 3 nitrogen and oxygen atoms in total. The van der Waals surface area contributed by atoms with Gasteiger partial charge in [-0.25, -0.2) is 0 Å². The van der Waals surface area contributed by atoms with Gasteiger partial charge in [0.25, 0.3) is 0 Å². The average Bonchev–Trinajstić information content (AvgIpc) is 2.81. The van der Waals surface area contributed by atoms with E-state index in [1.807, 2.05) is 42.5 Å². The molecule has 0 unspecified atom stereocenters. The summed E-state index contributed by atoms with van der Waals surface area (Å²) in [7, 11) is 0. The number of aryl methyl sites for hydroxylation is 1. The van der Waals surface area contributed by atoms with Crippen LogP contribution in [0.1, 0.15) is 22.3 Å². The lowest BCUT2D eigenvalue weighted by Crippen LogP contribution is -2.09. The number of phenolic OH excluding ortho intramolecular Hbond substituents is 1. The van der Waals surface area contributed by atoms with Crippen molar-refractivity contribution in [2.45, 2.75) is 6.92 Å². The molecule has 0 aliphatic heterocycles. The van der Waals surface area contributed by atoms with Crippen molar-refractivity contribution in [3.05, 3.63) is 119 Å². The molecule has 4 rings (SSSR count). The number of nitriles is 1. The van der Waals surface area contributed by atoms with Gasteiger partial charge in [-0.3, -0.25) is 0 Å². The van der Waals surface area contributed by atoms with Crippen LogP contribution in [0.25, 0.3) is 12.2 Å². The van der Waals surface area contributed by atoms with Crippen LogP contribution in [0.4, 0.5) is 17.1 Å². The Morgan fingerprint density at radius 3 is 1.55 bits per heavy atom. The molecule has 0 aromatic heterocycles. The first-order chi connectivity index (χ1) is 15.1. The predicted octanol–water partition coefficient (Wildman–Crippen LogP) is 7.21. The van der Waals surface area contributed by atoms with Crippen molar-refractivity contribution < 1.29 is 5.11 Å². The molecule has 3 heteroatoms. The first-order valence-corrected chi connectivity index (χ1v) is 10.1. The van der Waals surface area contributed by atoms with E-state index in [0.29, 0.717) is 5.56 Å². The number of nitrogens with zero attached hydrogens (tertiary/aromatic N) is 2. The lowest BCUT2D eigenvalue weighted by molar-refractivity contribution is 0.475. The summed E-state index contributed by atoms with van der Waals surface area (Å²) in [5.74, 6) is 0.246. The highest BCUT2D eigenvalue weighted by Gasteiger charge is 2.12. The van der Waals surface area contributed by atoms with Crippen LogP contribution in [-0.4, -0.2) is 5.11 Å². The van der Waals surface area contributed by atoms with Crippen LogP contribution in [0.2, 0.25) is 0 Å². The third-order valence-electron chi connectivity index (χ3n) is 5.06. The minimum absolute atomic E-state index is 0.246. The van der Waals surface area contributed by atoms with Crippen LogP contribution >= 0.6 is 0 Å². The number of aromatic hydroxyl groups is 1. The molecule has 0 spiro atoms. The maximum atomic E-state index is 9.69. The fourth-order valence-corrected chi connectivity index (χ4v) is 3.34. The zero-order chi connectivity index (χ0) is 21.6. The quantitative estimate of drug-likeness (QED) is 0.359. The van der Waals surface area contributed by atoms with E-state index in [1.165, 1.54) is 5.56 Å². The Bertz CT molecular complexity index is 1170. The Morgan fingerprint density at radius 1 is 0.645 bits per heavy atom. The second-order valence-corrected chi connectivity index (χ2v) is 7.35. The van der Waals surface area contributed by atoms with Crippen molar-refractivity contribution in [1.82, 2.24) is 0 Å². The maximum absolute atomic E-state index is 9.69. The van der Waals surface area contributed by atoms with Crippen molar-refractivity contribution >= 4 is 29.2 Å². The predicted molar refractivity (Wildman–Crippen MR) is 128 cm³/mol. The number of benzene rings is 4. The van der Waals surface area contributed by atoms with E-state index in [2.05, 4.69) is 72.5 Å². The molecule has 0 fully saturated rings. The molecule has 0 bridgehead atoms. The monoisotopic (exact) mass is 402 g/mol. The molecule has 31 heavy (non-hydrogen) atoms. The first kappa shape index (κ1) is 20.0. The van der Waals surface area contributed by atoms with Crippen LogP contribution in [0, 0.1) is 18.3 Å². The summed E-state index contributed by atoms with van der Waals surface area (Å²) in [5, 5.41) is 18.6. The summed E-state index contributed by atoms with van der Waals surface area (Å²) in [5.41, 5.74) is 7.06. The van der Waals surface area contributed by atoms with Crippen molar-refractivity contribution in [1.29, 1.82) is 5.26 Å². The molecule has 1 N–H and O–H groups in total. The van der Waals surface area contributed by atoms with Crippen LogP contribution in [-0.2, 0) is 0 Å². The Morgan fingerprint density at radius 2 is 1.06 bits per heavy atom. The van der Waals surface area contributed by atoms with Gasteiger partial charge in [0.05, 0.1) is 11.6 Å². The number of hydrogen-bond donors (Lipinski definition) is 1. The second kappa shape index (κ2) is 9.02. The van der Waals surface area contributed by atoms with Gasteiger partial charge >= 0.3 is 0 Å². The smallest absolute Gasteiger partial charge is 0.115 e. The molecule has 0 radical (unpaired) electrons. The molecule has 4 aromatic rings. The fourth-order valence-electron chi connectivity index (χ4n) is 3.34. The van der Waals surface area contributed by atoms with Crippen molar-refractivity contribution in [2.24, 2.45) is 0 Å². The molecular weight excluding hydrogens is 380 g/mol. The molecule has 0 heterocycles. The molecule has 0 aliphatic carbocycles. The minimum atomic E-state index is 0.246. The standard InChI is InChI=1S/C28H22N2O/c1-21-2-12-25(13-3-21)30(27-16-18-28(31)19-17-27)26-14-10-23(11-15-26)5-4-22-6-8-24(20-29)9-7-22/h2-19,31H,1H3. The Balaban J connectivity index is 1.62. The van der Waals surface area contributed by atoms with Crippen molar-refractivity contribution in [2.75, 3.05) is 4.90 Å². The van der Waals surface area contributed by atoms with Gasteiger partial charge in [0.2, 0.25) is 0 Å². The van der Waals surface area contributed by atoms with Crippen LogP contribution in [0.5, 0.6) is 5.75 Å². The number of rotatable bonds is 5. The van der Waals surface area contributed by atoms with Gasteiger partial charge in [-0.2, -0.15) is 5.26 Å². The van der Waals surface area contributed by atoms with Gasteiger partial charge in [-0.15, -0.1) is 0 Å². The summed E-state index contributed by atoms with van der Waals surface area (Å²) >= 11 is 0. The summed E-state index contributed by atoms with van der Waals surface area (Å²) in [4.78, 5) is 2.16. The van der Waals surface area contributed by atoms with Gasteiger partial charge in [0.1, 0.15) is 5.75 Å². The number of hydrogen-bond acceptors (Lipinski definition) is 3. The summed E-state index contributed by atoms with van der Waals surface area (Å²) in [6.07, 6.45) is 4.09. The summed E-state index contributed by atoms with van der Waals surface area (Å²) in [6.45, 7) is 2.07. The zero-order valence-electron chi connectivity index (χ0n) is 17.2. The number of anilines is 3. The second-order valence-electron chi connectivity index (χ2n) is 7.35. The lowest BCUT2D eigenvalue weighted by atomic mass is 10.1. The lowest BCUT2D eigenvalue weighted by Gasteiger charge is -2.25. The minimum Gasteiger partial charge on any atom is -0.508 e. The average molecular weight is 402 g/mol. The summed E-state index contributed by atoms with van der Waals surface area (Å²) in [6, 6.07) is 33.6. The molecule has 0 atom stereocenters. The van der Waals surface area contributed by atoms with E-state index in [9.17, 15) is 5.11 Å². The highest BCUT2D eigenvalue weighted by atomic mass is 16.3. The van der Waals surface area contributed by atoms with E-state index < -0.39 is 0 Å². The van der Waals surface area contributed by atoms with Gasteiger partial charge < -0.3 is 10.0 Å².